The molecule has 0 aliphatic carbocycles. The molecule has 0 aliphatic rings. The van der Waals surface area contributed by atoms with Crippen LogP contribution >= 0.6 is 0 Å². The fourth-order valence-electron chi connectivity index (χ4n) is 2.11. The highest BCUT2D eigenvalue weighted by Crippen LogP contribution is 2.16. The average molecular weight is 297 g/mol. The van der Waals surface area contributed by atoms with Crippen molar-refractivity contribution in [3.8, 4) is 0 Å². The van der Waals surface area contributed by atoms with Crippen molar-refractivity contribution in [1.29, 1.82) is 0 Å². The highest BCUT2D eigenvalue weighted by molar-refractivity contribution is 6.04. The number of amides is 3. The zero-order valence-electron chi connectivity index (χ0n) is 12.4. The summed E-state index contributed by atoms with van der Waals surface area (Å²) in [5.74, 6) is -0.157. The number of carbonyl (C=O) groups is 2. The summed E-state index contributed by atoms with van der Waals surface area (Å²) in [5.41, 5.74) is 8.38. The molecule has 2 rings (SSSR count). The van der Waals surface area contributed by atoms with Gasteiger partial charge in [-0.3, -0.25) is 4.79 Å². The number of urea groups is 1. The van der Waals surface area contributed by atoms with E-state index in [4.69, 9.17) is 5.73 Å². The number of nitrogens with two attached hydrogens (primary N) is 1. The van der Waals surface area contributed by atoms with Gasteiger partial charge in [0.25, 0.3) is 5.91 Å². The molecule has 0 bridgehead atoms. The summed E-state index contributed by atoms with van der Waals surface area (Å²) in [6, 6.07) is 14.2. The average Bonchev–Trinajstić information content (AvgIpc) is 2.54. The van der Waals surface area contributed by atoms with Gasteiger partial charge in [-0.05, 0) is 35.7 Å². The van der Waals surface area contributed by atoms with Gasteiger partial charge >= 0.3 is 6.03 Å². The Bertz CT molecular complexity index is 666. The van der Waals surface area contributed by atoms with Crippen LogP contribution in [0.1, 0.15) is 28.4 Å². The zero-order valence-corrected chi connectivity index (χ0v) is 12.4. The molecule has 0 spiro atoms. The minimum atomic E-state index is -0.571. The molecule has 5 heteroatoms. The van der Waals surface area contributed by atoms with Crippen LogP contribution in [-0.2, 0) is 13.0 Å². The number of hydrogen-bond acceptors (Lipinski definition) is 2. The first kappa shape index (κ1) is 15.6. The van der Waals surface area contributed by atoms with E-state index in [-0.39, 0.29) is 5.91 Å². The first-order chi connectivity index (χ1) is 10.6. The highest BCUT2D eigenvalue weighted by Gasteiger charge is 2.08. The molecule has 22 heavy (non-hydrogen) atoms. The lowest BCUT2D eigenvalue weighted by Crippen LogP contribution is -2.28. The highest BCUT2D eigenvalue weighted by atomic mass is 16.2. The standard InChI is InChI=1S/C17H19N3O2/c1-2-13-5-3-4-6-15(13)20-16(21)14-9-7-12(8-10-14)11-19-17(18)22/h3-10H,2,11H2,1H3,(H,20,21)(H3,18,19,22). The van der Waals surface area contributed by atoms with Crippen molar-refractivity contribution < 1.29 is 9.59 Å². The van der Waals surface area contributed by atoms with Gasteiger partial charge in [0.05, 0.1) is 0 Å². The van der Waals surface area contributed by atoms with Crippen molar-refractivity contribution >= 4 is 17.6 Å². The molecular weight excluding hydrogens is 278 g/mol. The quantitative estimate of drug-likeness (QED) is 0.792. The van der Waals surface area contributed by atoms with Crippen LogP contribution in [0.3, 0.4) is 0 Å². The molecule has 0 saturated heterocycles. The van der Waals surface area contributed by atoms with Crippen LogP contribution < -0.4 is 16.4 Å². The van der Waals surface area contributed by atoms with E-state index in [2.05, 4.69) is 10.6 Å². The number of rotatable bonds is 5. The number of aryl methyl sites for hydroxylation is 1. The van der Waals surface area contributed by atoms with Gasteiger partial charge in [0, 0.05) is 17.8 Å². The van der Waals surface area contributed by atoms with Crippen molar-refractivity contribution in [2.24, 2.45) is 5.73 Å². The third-order valence-electron chi connectivity index (χ3n) is 3.33. The molecule has 0 aliphatic heterocycles. The van der Waals surface area contributed by atoms with Gasteiger partial charge < -0.3 is 16.4 Å². The molecule has 3 amide bonds. The van der Waals surface area contributed by atoms with Crippen molar-refractivity contribution in [3.63, 3.8) is 0 Å². The Morgan fingerprint density at radius 1 is 1.05 bits per heavy atom. The van der Waals surface area contributed by atoms with E-state index in [1.54, 1.807) is 24.3 Å². The third kappa shape index (κ3) is 4.09. The summed E-state index contributed by atoms with van der Waals surface area (Å²) in [4.78, 5) is 22.9. The van der Waals surface area contributed by atoms with Crippen LogP contribution in [0, 0.1) is 0 Å². The largest absolute Gasteiger partial charge is 0.352 e. The Morgan fingerprint density at radius 2 is 1.73 bits per heavy atom. The second-order valence-corrected chi connectivity index (χ2v) is 4.88. The zero-order chi connectivity index (χ0) is 15.9. The molecule has 0 atom stereocenters. The van der Waals surface area contributed by atoms with Crippen LogP contribution in [0.2, 0.25) is 0 Å². The monoisotopic (exact) mass is 297 g/mol. The summed E-state index contributed by atoms with van der Waals surface area (Å²) in [5, 5.41) is 5.42. The van der Waals surface area contributed by atoms with Crippen LogP contribution in [0.5, 0.6) is 0 Å². The fourth-order valence-corrected chi connectivity index (χ4v) is 2.11. The minimum absolute atomic E-state index is 0.157. The SMILES string of the molecule is CCc1ccccc1NC(=O)c1ccc(CNC(N)=O)cc1. The predicted molar refractivity (Wildman–Crippen MR) is 86.6 cm³/mol. The molecule has 0 aromatic heterocycles. The van der Waals surface area contributed by atoms with Gasteiger partial charge in [0.1, 0.15) is 0 Å². The van der Waals surface area contributed by atoms with E-state index in [0.29, 0.717) is 12.1 Å². The maximum Gasteiger partial charge on any atom is 0.312 e. The molecule has 2 aromatic rings. The van der Waals surface area contributed by atoms with E-state index in [1.165, 1.54) is 0 Å². The second-order valence-electron chi connectivity index (χ2n) is 4.88. The molecule has 0 saturated carbocycles. The van der Waals surface area contributed by atoms with Crippen molar-refractivity contribution in [2.75, 3.05) is 5.32 Å². The van der Waals surface area contributed by atoms with Gasteiger partial charge in [-0.1, -0.05) is 37.3 Å². The first-order valence-corrected chi connectivity index (χ1v) is 7.11. The summed E-state index contributed by atoms with van der Waals surface area (Å²) >= 11 is 0. The maximum atomic E-state index is 12.3. The van der Waals surface area contributed by atoms with Gasteiger partial charge in [0.2, 0.25) is 0 Å². The van der Waals surface area contributed by atoms with E-state index in [9.17, 15) is 9.59 Å². The van der Waals surface area contributed by atoms with Crippen molar-refractivity contribution in [2.45, 2.75) is 19.9 Å². The molecule has 114 valence electrons. The Hall–Kier alpha value is -2.82. The Balaban J connectivity index is 2.05. The number of benzene rings is 2. The van der Waals surface area contributed by atoms with Gasteiger partial charge in [-0.2, -0.15) is 0 Å². The van der Waals surface area contributed by atoms with E-state index in [1.807, 2.05) is 31.2 Å². The molecule has 5 nitrogen and oxygen atoms in total. The van der Waals surface area contributed by atoms with Gasteiger partial charge in [-0.15, -0.1) is 0 Å². The van der Waals surface area contributed by atoms with Crippen LogP contribution in [0.15, 0.2) is 48.5 Å². The predicted octanol–water partition coefficient (Wildman–Crippen LogP) is 2.67. The normalized spacial score (nSPS) is 10.0. The number of primary amides is 1. The summed E-state index contributed by atoms with van der Waals surface area (Å²) in [6.07, 6.45) is 0.855. The lowest BCUT2D eigenvalue weighted by Gasteiger charge is -2.10. The number of anilines is 1. The lowest BCUT2D eigenvalue weighted by molar-refractivity contribution is 0.102. The topological polar surface area (TPSA) is 84.2 Å². The maximum absolute atomic E-state index is 12.3. The van der Waals surface area contributed by atoms with E-state index < -0.39 is 6.03 Å². The molecule has 4 N–H and O–H groups in total. The molecule has 0 heterocycles. The number of para-hydroxylation sites is 1. The summed E-state index contributed by atoms with van der Waals surface area (Å²) in [7, 11) is 0. The van der Waals surface area contributed by atoms with E-state index in [0.717, 1.165) is 23.2 Å². The first-order valence-electron chi connectivity index (χ1n) is 7.11. The molecule has 0 radical (unpaired) electrons. The van der Waals surface area contributed by atoms with Crippen molar-refractivity contribution in [3.05, 3.63) is 65.2 Å². The fraction of sp³-hybridized carbons (Fsp3) is 0.176. The summed E-state index contributed by atoms with van der Waals surface area (Å²) in [6.45, 7) is 2.39. The second kappa shape index (κ2) is 7.26. The van der Waals surface area contributed by atoms with Gasteiger partial charge in [-0.25, -0.2) is 4.79 Å². The molecule has 0 fully saturated rings. The van der Waals surface area contributed by atoms with Crippen LogP contribution in [0.25, 0.3) is 0 Å². The third-order valence-corrected chi connectivity index (χ3v) is 3.33. The summed E-state index contributed by atoms with van der Waals surface area (Å²) < 4.78 is 0. The number of carbonyl (C=O) groups excluding carboxylic acids is 2. The van der Waals surface area contributed by atoms with E-state index >= 15 is 0 Å². The Kier molecular flexibility index (Phi) is 5.14. The van der Waals surface area contributed by atoms with Crippen molar-refractivity contribution in [1.82, 2.24) is 5.32 Å². The van der Waals surface area contributed by atoms with Crippen LogP contribution in [-0.4, -0.2) is 11.9 Å². The Labute approximate surface area is 129 Å². The smallest absolute Gasteiger partial charge is 0.312 e. The number of nitrogens with one attached hydrogen (secondary N) is 2. The number of hydrogen-bond donors (Lipinski definition) is 3. The molecule has 2 aromatic carbocycles. The minimum Gasteiger partial charge on any atom is -0.352 e. The Morgan fingerprint density at radius 3 is 2.36 bits per heavy atom. The van der Waals surface area contributed by atoms with Crippen LogP contribution in [0.4, 0.5) is 10.5 Å². The molecular formula is C17H19N3O2. The van der Waals surface area contributed by atoms with Gasteiger partial charge in [0.15, 0.2) is 0 Å². The molecule has 0 unspecified atom stereocenters. The lowest BCUT2D eigenvalue weighted by atomic mass is 10.1.